The molecular formula is C21H22BrN3S. The van der Waals surface area contributed by atoms with Crippen LogP contribution in [0.5, 0.6) is 0 Å². The van der Waals surface area contributed by atoms with Gasteiger partial charge < -0.3 is 0 Å². The Balaban J connectivity index is 1.83. The predicted octanol–water partition coefficient (Wildman–Crippen LogP) is 6.31. The molecule has 1 aromatic heterocycles. The number of aromatic nitrogens is 3. The highest BCUT2D eigenvalue weighted by molar-refractivity contribution is 9.10. The van der Waals surface area contributed by atoms with E-state index in [0.29, 0.717) is 12.5 Å². The van der Waals surface area contributed by atoms with Crippen LogP contribution in [0.2, 0.25) is 0 Å². The van der Waals surface area contributed by atoms with Gasteiger partial charge in [0, 0.05) is 22.3 Å². The molecule has 3 rings (SSSR count). The molecule has 5 heteroatoms. The number of halogens is 1. The summed E-state index contributed by atoms with van der Waals surface area (Å²) in [6.07, 6.45) is 1.89. The first kappa shape index (κ1) is 18.9. The van der Waals surface area contributed by atoms with Crippen LogP contribution in [-0.4, -0.2) is 14.8 Å². The SMILES string of the molecule is C=CCn1c(SCc2ccc(Br)cc2)nnc1-c1ccc(C(C)C)cc1. The molecule has 1 heterocycles. The van der Waals surface area contributed by atoms with Crippen LogP contribution in [0.4, 0.5) is 0 Å². The summed E-state index contributed by atoms with van der Waals surface area (Å²) in [6, 6.07) is 17.0. The average Bonchev–Trinajstić information content (AvgIpc) is 3.04. The molecule has 134 valence electrons. The van der Waals surface area contributed by atoms with Gasteiger partial charge in [-0.25, -0.2) is 0 Å². The third-order valence-corrected chi connectivity index (χ3v) is 5.71. The highest BCUT2D eigenvalue weighted by Gasteiger charge is 2.14. The molecule has 2 aromatic carbocycles. The Labute approximate surface area is 167 Å². The second kappa shape index (κ2) is 8.69. The topological polar surface area (TPSA) is 30.7 Å². The maximum atomic E-state index is 4.44. The van der Waals surface area contributed by atoms with Gasteiger partial charge in [-0.1, -0.05) is 84.0 Å². The van der Waals surface area contributed by atoms with E-state index in [1.165, 1.54) is 11.1 Å². The summed E-state index contributed by atoms with van der Waals surface area (Å²) in [5, 5.41) is 9.78. The Hall–Kier alpha value is -1.85. The first-order chi connectivity index (χ1) is 12.6. The second-order valence-corrected chi connectivity index (χ2v) is 8.26. The lowest BCUT2D eigenvalue weighted by molar-refractivity contribution is 0.731. The largest absolute Gasteiger partial charge is 0.298 e. The van der Waals surface area contributed by atoms with E-state index in [0.717, 1.165) is 26.8 Å². The van der Waals surface area contributed by atoms with Gasteiger partial charge in [0.25, 0.3) is 0 Å². The van der Waals surface area contributed by atoms with Gasteiger partial charge in [-0.15, -0.1) is 16.8 Å². The van der Waals surface area contributed by atoms with Crippen molar-refractivity contribution >= 4 is 27.7 Å². The molecule has 0 aliphatic rings. The number of nitrogens with zero attached hydrogens (tertiary/aromatic N) is 3. The molecule has 0 aliphatic heterocycles. The maximum Gasteiger partial charge on any atom is 0.192 e. The van der Waals surface area contributed by atoms with E-state index in [1.54, 1.807) is 11.8 Å². The predicted molar refractivity (Wildman–Crippen MR) is 113 cm³/mol. The van der Waals surface area contributed by atoms with E-state index >= 15 is 0 Å². The number of benzene rings is 2. The Morgan fingerprint density at radius 1 is 1.08 bits per heavy atom. The van der Waals surface area contributed by atoms with E-state index in [4.69, 9.17) is 0 Å². The molecule has 0 saturated heterocycles. The van der Waals surface area contributed by atoms with E-state index in [2.05, 4.69) is 99.7 Å². The summed E-state index contributed by atoms with van der Waals surface area (Å²) in [5.41, 5.74) is 3.67. The summed E-state index contributed by atoms with van der Waals surface area (Å²) in [6.45, 7) is 8.98. The van der Waals surface area contributed by atoms with Crippen molar-refractivity contribution in [1.82, 2.24) is 14.8 Å². The molecule has 0 saturated carbocycles. The maximum absolute atomic E-state index is 4.44. The molecule has 0 spiro atoms. The van der Waals surface area contributed by atoms with Crippen molar-refractivity contribution in [2.24, 2.45) is 0 Å². The van der Waals surface area contributed by atoms with Gasteiger partial charge in [0.05, 0.1) is 0 Å². The highest BCUT2D eigenvalue weighted by atomic mass is 79.9. The number of hydrogen-bond acceptors (Lipinski definition) is 3. The molecule has 3 nitrogen and oxygen atoms in total. The van der Waals surface area contributed by atoms with Crippen LogP contribution in [0, 0.1) is 0 Å². The fraction of sp³-hybridized carbons (Fsp3) is 0.238. The van der Waals surface area contributed by atoms with Gasteiger partial charge in [0.1, 0.15) is 0 Å². The Bertz CT molecular complexity index is 867. The van der Waals surface area contributed by atoms with Crippen molar-refractivity contribution in [3.8, 4) is 11.4 Å². The number of hydrogen-bond donors (Lipinski definition) is 0. The first-order valence-electron chi connectivity index (χ1n) is 8.60. The third kappa shape index (κ3) is 4.46. The molecule has 26 heavy (non-hydrogen) atoms. The van der Waals surface area contributed by atoms with Gasteiger partial charge in [-0.2, -0.15) is 0 Å². The zero-order valence-electron chi connectivity index (χ0n) is 15.0. The molecule has 0 amide bonds. The average molecular weight is 428 g/mol. The van der Waals surface area contributed by atoms with Crippen molar-refractivity contribution in [2.75, 3.05) is 0 Å². The van der Waals surface area contributed by atoms with E-state index in [1.807, 2.05) is 6.08 Å². The van der Waals surface area contributed by atoms with Crippen molar-refractivity contribution in [3.63, 3.8) is 0 Å². The zero-order valence-corrected chi connectivity index (χ0v) is 17.4. The number of rotatable bonds is 7. The first-order valence-corrected chi connectivity index (χ1v) is 10.4. The smallest absolute Gasteiger partial charge is 0.192 e. The number of thioether (sulfide) groups is 1. The van der Waals surface area contributed by atoms with Crippen LogP contribution < -0.4 is 0 Å². The molecular weight excluding hydrogens is 406 g/mol. The zero-order chi connectivity index (χ0) is 18.5. The Morgan fingerprint density at radius 3 is 2.38 bits per heavy atom. The van der Waals surface area contributed by atoms with Crippen LogP contribution in [0.1, 0.15) is 30.9 Å². The van der Waals surface area contributed by atoms with Crippen LogP contribution >= 0.6 is 27.7 Å². The molecule has 0 fully saturated rings. The van der Waals surface area contributed by atoms with Crippen molar-refractivity contribution in [3.05, 3.63) is 76.8 Å². The van der Waals surface area contributed by atoms with Gasteiger partial charge in [0.15, 0.2) is 11.0 Å². The lowest BCUT2D eigenvalue weighted by atomic mass is 10.0. The highest BCUT2D eigenvalue weighted by Crippen LogP contribution is 2.28. The second-order valence-electron chi connectivity index (χ2n) is 6.40. The minimum absolute atomic E-state index is 0.520. The monoisotopic (exact) mass is 427 g/mol. The standard InChI is InChI=1S/C21H22BrN3S/c1-4-13-25-20(18-9-7-17(8-10-18)15(2)3)23-24-21(25)26-14-16-5-11-19(22)12-6-16/h4-12,15H,1,13-14H2,2-3H3. The summed E-state index contributed by atoms with van der Waals surface area (Å²) in [7, 11) is 0. The fourth-order valence-electron chi connectivity index (χ4n) is 2.65. The van der Waals surface area contributed by atoms with Gasteiger partial charge >= 0.3 is 0 Å². The van der Waals surface area contributed by atoms with Crippen LogP contribution in [0.15, 0.2) is 70.8 Å². The summed E-state index contributed by atoms with van der Waals surface area (Å²) < 4.78 is 3.22. The molecule has 0 atom stereocenters. The molecule has 0 bridgehead atoms. The molecule has 3 aromatic rings. The summed E-state index contributed by atoms with van der Waals surface area (Å²) in [5.74, 6) is 2.26. The van der Waals surface area contributed by atoms with E-state index in [9.17, 15) is 0 Å². The Morgan fingerprint density at radius 2 is 1.77 bits per heavy atom. The summed E-state index contributed by atoms with van der Waals surface area (Å²) in [4.78, 5) is 0. The van der Waals surface area contributed by atoms with Crippen molar-refractivity contribution in [2.45, 2.75) is 37.2 Å². The third-order valence-electron chi connectivity index (χ3n) is 4.15. The molecule has 0 aliphatic carbocycles. The van der Waals surface area contributed by atoms with Crippen molar-refractivity contribution in [1.29, 1.82) is 0 Å². The normalized spacial score (nSPS) is 11.1. The van der Waals surface area contributed by atoms with Crippen LogP contribution in [0.25, 0.3) is 11.4 Å². The number of allylic oxidation sites excluding steroid dienone is 1. The van der Waals surface area contributed by atoms with Gasteiger partial charge in [0.2, 0.25) is 0 Å². The minimum Gasteiger partial charge on any atom is -0.298 e. The molecule has 0 unspecified atom stereocenters. The van der Waals surface area contributed by atoms with Gasteiger partial charge in [-0.05, 0) is 29.2 Å². The lowest BCUT2D eigenvalue weighted by Gasteiger charge is -2.09. The van der Waals surface area contributed by atoms with E-state index in [-0.39, 0.29) is 0 Å². The quantitative estimate of drug-likeness (QED) is 0.326. The van der Waals surface area contributed by atoms with Crippen molar-refractivity contribution < 1.29 is 0 Å². The van der Waals surface area contributed by atoms with Gasteiger partial charge in [-0.3, -0.25) is 4.57 Å². The Kier molecular flexibility index (Phi) is 6.33. The fourth-order valence-corrected chi connectivity index (χ4v) is 3.82. The van der Waals surface area contributed by atoms with Crippen LogP contribution in [0.3, 0.4) is 0 Å². The molecule has 0 radical (unpaired) electrons. The molecule has 0 N–H and O–H groups in total. The van der Waals surface area contributed by atoms with E-state index < -0.39 is 0 Å². The lowest BCUT2D eigenvalue weighted by Crippen LogP contribution is -2.01. The van der Waals surface area contributed by atoms with Crippen LogP contribution in [-0.2, 0) is 12.3 Å². The minimum atomic E-state index is 0.520. The summed E-state index contributed by atoms with van der Waals surface area (Å²) >= 11 is 5.17.